The first-order valence-corrected chi connectivity index (χ1v) is 9.67. The zero-order chi connectivity index (χ0) is 21.9. The van der Waals surface area contributed by atoms with Crippen molar-refractivity contribution in [3.63, 3.8) is 0 Å². The van der Waals surface area contributed by atoms with Crippen molar-refractivity contribution in [1.29, 1.82) is 0 Å². The van der Waals surface area contributed by atoms with Crippen LogP contribution >= 0.6 is 0 Å². The molecule has 1 N–H and O–H groups in total. The van der Waals surface area contributed by atoms with Crippen molar-refractivity contribution in [2.75, 3.05) is 38.5 Å². The largest absolute Gasteiger partial charge is 0.416 e. The molecule has 0 saturated carbocycles. The number of aryl methyl sites for hydroxylation is 1. The summed E-state index contributed by atoms with van der Waals surface area (Å²) in [6.07, 6.45) is 0.917. The summed E-state index contributed by atoms with van der Waals surface area (Å²) >= 11 is 0. The van der Waals surface area contributed by atoms with Crippen molar-refractivity contribution in [2.45, 2.75) is 19.6 Å². The highest BCUT2D eigenvalue weighted by molar-refractivity contribution is 6.04. The molecule has 1 fully saturated rings. The Balaban J connectivity index is 1.81. The van der Waals surface area contributed by atoms with Crippen LogP contribution in [0, 0.1) is 19.3 Å². The monoisotopic (exact) mass is 415 g/mol. The number of benzene rings is 2. The van der Waals surface area contributed by atoms with Crippen molar-refractivity contribution in [3.05, 3.63) is 64.2 Å². The Labute approximate surface area is 174 Å². The van der Waals surface area contributed by atoms with Gasteiger partial charge in [0.1, 0.15) is 0 Å². The molecular weight excluding hydrogens is 391 g/mol. The topological polar surface area (TPSA) is 35.6 Å². The number of hydrogen-bond acceptors (Lipinski definition) is 3. The van der Waals surface area contributed by atoms with Crippen LogP contribution in [0.5, 0.6) is 0 Å². The van der Waals surface area contributed by atoms with Gasteiger partial charge in [0.2, 0.25) is 0 Å². The van der Waals surface area contributed by atoms with Gasteiger partial charge >= 0.3 is 6.18 Å². The zero-order valence-electron chi connectivity index (χ0n) is 17.0. The van der Waals surface area contributed by atoms with Crippen LogP contribution in [0.1, 0.15) is 32.6 Å². The van der Waals surface area contributed by atoms with E-state index in [-0.39, 0.29) is 17.8 Å². The number of carbonyl (C=O) groups is 1. The molecule has 0 radical (unpaired) electrons. The van der Waals surface area contributed by atoms with Gasteiger partial charge in [0.15, 0.2) is 0 Å². The SMILES string of the molecule is C#Cc1cc(C(=O)Nc2ccc(CN3CCN(C)CC3)c(C(F)(F)F)c2)ccc1C. The number of alkyl halides is 3. The summed E-state index contributed by atoms with van der Waals surface area (Å²) in [7, 11) is 2.00. The molecule has 0 spiro atoms. The predicted octanol–water partition coefficient (Wildman–Crippen LogP) is 3.99. The smallest absolute Gasteiger partial charge is 0.322 e. The number of nitrogens with one attached hydrogen (secondary N) is 1. The van der Waals surface area contributed by atoms with Crippen molar-refractivity contribution in [3.8, 4) is 12.3 Å². The zero-order valence-corrected chi connectivity index (χ0v) is 17.0. The fraction of sp³-hybridized carbons (Fsp3) is 0.348. The molecule has 0 unspecified atom stereocenters. The lowest BCUT2D eigenvalue weighted by Crippen LogP contribution is -2.44. The molecule has 7 heteroatoms. The van der Waals surface area contributed by atoms with E-state index in [1.54, 1.807) is 18.2 Å². The lowest BCUT2D eigenvalue weighted by atomic mass is 10.0. The van der Waals surface area contributed by atoms with Crippen LogP contribution < -0.4 is 5.32 Å². The number of halogens is 3. The Bertz CT molecular complexity index is 971. The molecule has 0 aromatic heterocycles. The fourth-order valence-electron chi connectivity index (χ4n) is 3.42. The van der Waals surface area contributed by atoms with Crippen molar-refractivity contribution in [2.24, 2.45) is 0 Å². The Kier molecular flexibility index (Phi) is 6.49. The van der Waals surface area contributed by atoms with E-state index in [9.17, 15) is 18.0 Å². The molecule has 0 atom stereocenters. The van der Waals surface area contributed by atoms with Crippen LogP contribution in [0.3, 0.4) is 0 Å². The van der Waals surface area contributed by atoms with Gasteiger partial charge in [0.05, 0.1) is 5.56 Å². The van der Waals surface area contributed by atoms with Gasteiger partial charge in [-0.2, -0.15) is 13.2 Å². The standard InChI is InChI=1S/C23H24F3N3O/c1-4-17-13-18(6-5-16(17)2)22(30)27-20-8-7-19(21(14-20)23(24,25)26)15-29-11-9-28(3)10-12-29/h1,5-8,13-14H,9-12,15H2,2-3H3,(H,27,30). The molecule has 158 valence electrons. The normalized spacial score (nSPS) is 15.6. The third kappa shape index (κ3) is 5.21. The number of likely N-dealkylation sites (N-methyl/N-ethyl adjacent to an activating group) is 1. The average Bonchev–Trinajstić information content (AvgIpc) is 2.70. The summed E-state index contributed by atoms with van der Waals surface area (Å²) in [5.41, 5.74) is 1.28. The van der Waals surface area contributed by atoms with Gasteiger partial charge in [-0.15, -0.1) is 6.42 Å². The summed E-state index contributed by atoms with van der Waals surface area (Å²) in [4.78, 5) is 16.7. The second-order valence-electron chi connectivity index (χ2n) is 7.58. The van der Waals surface area contributed by atoms with Crippen LogP contribution in [0.15, 0.2) is 36.4 Å². The van der Waals surface area contributed by atoms with Crippen LogP contribution in [0.4, 0.5) is 18.9 Å². The van der Waals surface area contributed by atoms with E-state index in [0.717, 1.165) is 37.8 Å². The van der Waals surface area contributed by atoms with Gasteiger partial charge in [0.25, 0.3) is 5.91 Å². The fourth-order valence-corrected chi connectivity index (χ4v) is 3.42. The van der Waals surface area contributed by atoms with Crippen LogP contribution in [0.2, 0.25) is 0 Å². The highest BCUT2D eigenvalue weighted by Gasteiger charge is 2.34. The Morgan fingerprint density at radius 1 is 1.13 bits per heavy atom. The minimum Gasteiger partial charge on any atom is -0.322 e. The molecule has 1 heterocycles. The van der Waals surface area contributed by atoms with Crippen LogP contribution in [-0.2, 0) is 12.7 Å². The number of rotatable bonds is 4. The molecule has 1 saturated heterocycles. The van der Waals surface area contributed by atoms with Gasteiger partial charge in [-0.25, -0.2) is 0 Å². The van der Waals surface area contributed by atoms with Gasteiger partial charge < -0.3 is 10.2 Å². The molecule has 2 aromatic carbocycles. The second-order valence-corrected chi connectivity index (χ2v) is 7.58. The maximum absolute atomic E-state index is 13.7. The number of anilines is 1. The maximum Gasteiger partial charge on any atom is 0.416 e. The molecule has 0 bridgehead atoms. The molecule has 1 amide bonds. The minimum absolute atomic E-state index is 0.0947. The van der Waals surface area contributed by atoms with Gasteiger partial charge in [-0.1, -0.05) is 18.1 Å². The maximum atomic E-state index is 13.7. The number of carbonyl (C=O) groups excluding carboxylic acids is 1. The average molecular weight is 415 g/mol. The van der Waals surface area contributed by atoms with E-state index in [2.05, 4.69) is 16.1 Å². The highest BCUT2D eigenvalue weighted by atomic mass is 19.4. The molecular formula is C23H24F3N3O. The number of hydrogen-bond donors (Lipinski definition) is 1. The Morgan fingerprint density at radius 3 is 2.47 bits per heavy atom. The summed E-state index contributed by atoms with van der Waals surface area (Å²) in [5.74, 6) is 1.99. The quantitative estimate of drug-likeness (QED) is 0.767. The molecule has 1 aliphatic rings. The number of piperazine rings is 1. The lowest BCUT2D eigenvalue weighted by Gasteiger charge is -2.33. The third-order valence-corrected chi connectivity index (χ3v) is 5.32. The first-order chi connectivity index (χ1) is 14.2. The van der Waals surface area contributed by atoms with Crippen molar-refractivity contribution in [1.82, 2.24) is 9.80 Å². The number of terminal acetylenes is 1. The second kappa shape index (κ2) is 8.90. The van der Waals surface area contributed by atoms with E-state index in [1.165, 1.54) is 12.1 Å². The minimum atomic E-state index is -4.51. The van der Waals surface area contributed by atoms with Crippen LogP contribution in [-0.4, -0.2) is 48.9 Å². The van der Waals surface area contributed by atoms with Crippen LogP contribution in [0.25, 0.3) is 0 Å². The predicted molar refractivity (Wildman–Crippen MR) is 111 cm³/mol. The lowest BCUT2D eigenvalue weighted by molar-refractivity contribution is -0.138. The van der Waals surface area contributed by atoms with Gasteiger partial charge in [-0.3, -0.25) is 9.69 Å². The van der Waals surface area contributed by atoms with E-state index in [4.69, 9.17) is 6.42 Å². The molecule has 0 aliphatic carbocycles. The molecule has 4 nitrogen and oxygen atoms in total. The van der Waals surface area contributed by atoms with E-state index in [1.807, 2.05) is 18.9 Å². The first kappa shape index (κ1) is 21.9. The van der Waals surface area contributed by atoms with Crippen molar-refractivity contribution < 1.29 is 18.0 Å². The van der Waals surface area contributed by atoms with Gasteiger partial charge in [0, 0.05) is 49.5 Å². The summed E-state index contributed by atoms with van der Waals surface area (Å²) in [6.45, 7) is 5.14. The highest BCUT2D eigenvalue weighted by Crippen LogP contribution is 2.34. The summed E-state index contributed by atoms with van der Waals surface area (Å²) in [5, 5.41) is 2.55. The summed E-state index contributed by atoms with van der Waals surface area (Å²) in [6, 6.07) is 8.81. The number of nitrogens with zero attached hydrogens (tertiary/aromatic N) is 2. The van der Waals surface area contributed by atoms with Crippen molar-refractivity contribution >= 4 is 11.6 Å². The van der Waals surface area contributed by atoms with E-state index in [0.29, 0.717) is 11.1 Å². The molecule has 30 heavy (non-hydrogen) atoms. The summed E-state index contributed by atoms with van der Waals surface area (Å²) < 4.78 is 41.1. The number of amides is 1. The molecule has 2 aromatic rings. The third-order valence-electron chi connectivity index (χ3n) is 5.32. The van der Waals surface area contributed by atoms with E-state index >= 15 is 0 Å². The van der Waals surface area contributed by atoms with E-state index < -0.39 is 17.6 Å². The molecule has 1 aliphatic heterocycles. The Morgan fingerprint density at radius 2 is 1.83 bits per heavy atom. The Hall–Kier alpha value is -2.82. The molecule has 3 rings (SSSR count). The van der Waals surface area contributed by atoms with Gasteiger partial charge in [-0.05, 0) is 49.4 Å². The first-order valence-electron chi connectivity index (χ1n) is 9.67.